The average Bonchev–Trinajstić information content (AvgIpc) is 3.31. The molecule has 2 aromatic carbocycles. The second-order valence-corrected chi connectivity index (χ2v) is 6.60. The van der Waals surface area contributed by atoms with Gasteiger partial charge >= 0.3 is 0 Å². The van der Waals surface area contributed by atoms with Crippen LogP contribution in [0.3, 0.4) is 0 Å². The number of carbonyl (C=O) groups excluding carboxylic acids is 2. The van der Waals surface area contributed by atoms with Crippen LogP contribution in [0.5, 0.6) is 11.5 Å². The Labute approximate surface area is 157 Å². The van der Waals surface area contributed by atoms with E-state index in [0.717, 1.165) is 11.3 Å². The second-order valence-electron chi connectivity index (χ2n) is 6.60. The zero-order valence-electron chi connectivity index (χ0n) is 14.8. The molecule has 2 aliphatic rings. The molecule has 2 heterocycles. The molecule has 27 heavy (non-hydrogen) atoms. The number of benzene rings is 2. The number of nitrogens with zero attached hydrogens (tertiary/aromatic N) is 1. The third kappa shape index (κ3) is 3.95. The Bertz CT molecular complexity index is 879. The normalized spacial score (nSPS) is 18.3. The van der Waals surface area contributed by atoms with Crippen molar-refractivity contribution >= 4 is 23.6 Å². The first-order valence-electron chi connectivity index (χ1n) is 8.90. The van der Waals surface area contributed by atoms with Crippen LogP contribution in [0, 0.1) is 5.92 Å². The van der Waals surface area contributed by atoms with Crippen molar-refractivity contribution in [2.24, 2.45) is 5.92 Å². The van der Waals surface area contributed by atoms with E-state index in [4.69, 9.17) is 9.47 Å². The second kappa shape index (κ2) is 7.53. The summed E-state index contributed by atoms with van der Waals surface area (Å²) in [6.45, 7) is 1.32. The summed E-state index contributed by atoms with van der Waals surface area (Å²) < 4.78 is 10.6. The van der Waals surface area contributed by atoms with Crippen molar-refractivity contribution < 1.29 is 19.1 Å². The summed E-state index contributed by atoms with van der Waals surface area (Å²) in [5.41, 5.74) is 1.76. The predicted octanol–water partition coefficient (Wildman–Crippen LogP) is 2.60. The van der Waals surface area contributed by atoms with Crippen molar-refractivity contribution in [3.8, 4) is 11.5 Å². The predicted molar refractivity (Wildman–Crippen MR) is 102 cm³/mol. The summed E-state index contributed by atoms with van der Waals surface area (Å²) in [4.78, 5) is 26.1. The summed E-state index contributed by atoms with van der Waals surface area (Å²) in [6, 6.07) is 15.1. The van der Waals surface area contributed by atoms with Crippen LogP contribution >= 0.6 is 0 Å². The molecule has 4 rings (SSSR count). The van der Waals surface area contributed by atoms with E-state index in [1.807, 2.05) is 48.5 Å². The number of ether oxygens (including phenoxy) is 2. The highest BCUT2D eigenvalue weighted by Gasteiger charge is 2.30. The van der Waals surface area contributed by atoms with Gasteiger partial charge in [0.05, 0.1) is 0 Å². The minimum atomic E-state index is -0.182. The minimum Gasteiger partial charge on any atom is -0.454 e. The maximum atomic E-state index is 12.2. The highest BCUT2D eigenvalue weighted by molar-refractivity contribution is 5.96. The molecule has 0 aliphatic carbocycles. The number of para-hydroxylation sites is 1. The molecule has 2 aromatic rings. The summed E-state index contributed by atoms with van der Waals surface area (Å²) in [7, 11) is 0. The van der Waals surface area contributed by atoms with Crippen molar-refractivity contribution in [2.45, 2.75) is 6.42 Å². The van der Waals surface area contributed by atoms with Gasteiger partial charge in [0.1, 0.15) is 0 Å². The molecular formula is C21H20N2O4. The molecule has 0 bridgehead atoms. The molecule has 1 saturated heterocycles. The van der Waals surface area contributed by atoms with Gasteiger partial charge in [-0.1, -0.05) is 24.3 Å². The van der Waals surface area contributed by atoms with Gasteiger partial charge in [-0.25, -0.2) is 0 Å². The standard InChI is InChI=1S/C21H20N2O4/c24-20(9-7-15-6-8-18-19(10-15)27-14-26-18)22-12-16-11-21(25)23(13-16)17-4-2-1-3-5-17/h1-10,16H,11-14H2,(H,22,24)/b9-7-. The number of amides is 2. The van der Waals surface area contributed by atoms with E-state index in [1.165, 1.54) is 6.08 Å². The number of hydrogen-bond acceptors (Lipinski definition) is 4. The van der Waals surface area contributed by atoms with Crippen LogP contribution in [-0.2, 0) is 9.59 Å². The van der Waals surface area contributed by atoms with Crippen LogP contribution in [0.15, 0.2) is 54.6 Å². The van der Waals surface area contributed by atoms with Crippen LogP contribution in [-0.4, -0.2) is 31.7 Å². The highest BCUT2D eigenvalue weighted by atomic mass is 16.7. The Hall–Kier alpha value is -3.28. The molecule has 0 radical (unpaired) electrons. The monoisotopic (exact) mass is 364 g/mol. The van der Waals surface area contributed by atoms with E-state index in [2.05, 4.69) is 5.32 Å². The van der Waals surface area contributed by atoms with Gasteiger partial charge in [-0.2, -0.15) is 0 Å². The third-order valence-corrected chi connectivity index (χ3v) is 4.66. The number of nitrogens with one attached hydrogen (secondary N) is 1. The van der Waals surface area contributed by atoms with E-state index in [0.29, 0.717) is 31.0 Å². The summed E-state index contributed by atoms with van der Waals surface area (Å²) in [5, 5.41) is 2.88. The van der Waals surface area contributed by atoms with Crippen LogP contribution in [0.2, 0.25) is 0 Å². The summed E-state index contributed by atoms with van der Waals surface area (Å²) in [5.74, 6) is 1.42. The van der Waals surface area contributed by atoms with Crippen molar-refractivity contribution in [1.29, 1.82) is 0 Å². The van der Waals surface area contributed by atoms with Crippen LogP contribution in [0.1, 0.15) is 12.0 Å². The molecule has 1 atom stereocenters. The fourth-order valence-electron chi connectivity index (χ4n) is 3.27. The molecule has 0 aromatic heterocycles. The van der Waals surface area contributed by atoms with Gasteiger partial charge in [-0.15, -0.1) is 0 Å². The topological polar surface area (TPSA) is 67.9 Å². The number of carbonyl (C=O) groups is 2. The van der Waals surface area contributed by atoms with Crippen molar-refractivity contribution in [3.05, 3.63) is 60.2 Å². The maximum Gasteiger partial charge on any atom is 0.244 e. The molecule has 2 amide bonds. The molecule has 1 unspecified atom stereocenters. The van der Waals surface area contributed by atoms with Crippen molar-refractivity contribution in [3.63, 3.8) is 0 Å². The zero-order valence-corrected chi connectivity index (χ0v) is 14.8. The van der Waals surface area contributed by atoms with Gasteiger partial charge in [-0.05, 0) is 35.9 Å². The molecule has 2 aliphatic heterocycles. The maximum absolute atomic E-state index is 12.2. The SMILES string of the molecule is O=C(/C=C\c1ccc2c(c1)OCO2)NCC1CC(=O)N(c2ccccc2)C1. The lowest BCUT2D eigenvalue weighted by Gasteiger charge is -2.16. The van der Waals surface area contributed by atoms with Crippen LogP contribution in [0.4, 0.5) is 5.69 Å². The molecule has 6 heteroatoms. The van der Waals surface area contributed by atoms with Crippen LogP contribution in [0.25, 0.3) is 6.08 Å². The zero-order chi connectivity index (χ0) is 18.6. The van der Waals surface area contributed by atoms with Gasteiger partial charge in [0.25, 0.3) is 0 Å². The quantitative estimate of drug-likeness (QED) is 0.828. The Morgan fingerprint density at radius 1 is 1.15 bits per heavy atom. The van der Waals surface area contributed by atoms with Gasteiger partial charge in [0, 0.05) is 37.2 Å². The first-order valence-corrected chi connectivity index (χ1v) is 8.90. The van der Waals surface area contributed by atoms with Gasteiger partial charge in [-0.3, -0.25) is 9.59 Å². The molecule has 138 valence electrons. The minimum absolute atomic E-state index is 0.0938. The molecule has 0 spiro atoms. The van der Waals surface area contributed by atoms with E-state index in [1.54, 1.807) is 11.0 Å². The molecule has 1 N–H and O–H groups in total. The Morgan fingerprint density at radius 2 is 1.96 bits per heavy atom. The van der Waals surface area contributed by atoms with E-state index in [-0.39, 0.29) is 24.5 Å². The summed E-state index contributed by atoms with van der Waals surface area (Å²) >= 11 is 0. The smallest absolute Gasteiger partial charge is 0.244 e. The van der Waals surface area contributed by atoms with Crippen molar-refractivity contribution in [2.75, 3.05) is 24.8 Å². The van der Waals surface area contributed by atoms with Gasteiger partial charge < -0.3 is 19.7 Å². The largest absolute Gasteiger partial charge is 0.454 e. The Morgan fingerprint density at radius 3 is 2.81 bits per heavy atom. The number of rotatable bonds is 5. The van der Waals surface area contributed by atoms with Gasteiger partial charge in [0.2, 0.25) is 18.6 Å². The molecule has 1 fully saturated rings. The third-order valence-electron chi connectivity index (χ3n) is 4.66. The lowest BCUT2D eigenvalue weighted by Crippen LogP contribution is -2.30. The van der Waals surface area contributed by atoms with E-state index >= 15 is 0 Å². The lowest BCUT2D eigenvalue weighted by atomic mass is 10.1. The average molecular weight is 364 g/mol. The first-order chi connectivity index (χ1) is 13.2. The first kappa shape index (κ1) is 17.1. The fraction of sp³-hybridized carbons (Fsp3) is 0.238. The summed E-state index contributed by atoms with van der Waals surface area (Å²) in [6.07, 6.45) is 3.66. The Balaban J connectivity index is 1.29. The molecular weight excluding hydrogens is 344 g/mol. The fourth-order valence-corrected chi connectivity index (χ4v) is 3.27. The number of hydrogen-bond donors (Lipinski definition) is 1. The highest BCUT2D eigenvalue weighted by Crippen LogP contribution is 2.32. The van der Waals surface area contributed by atoms with E-state index in [9.17, 15) is 9.59 Å². The van der Waals surface area contributed by atoms with E-state index < -0.39 is 0 Å². The number of fused-ring (bicyclic) bond motifs is 1. The molecule has 6 nitrogen and oxygen atoms in total. The van der Waals surface area contributed by atoms with Gasteiger partial charge in [0.15, 0.2) is 11.5 Å². The number of anilines is 1. The Kier molecular flexibility index (Phi) is 4.78. The lowest BCUT2D eigenvalue weighted by molar-refractivity contribution is -0.118. The van der Waals surface area contributed by atoms with Crippen LogP contribution < -0.4 is 19.7 Å². The molecule has 0 saturated carbocycles. The van der Waals surface area contributed by atoms with Crippen molar-refractivity contribution in [1.82, 2.24) is 5.32 Å².